The smallest absolute Gasteiger partial charge is 0.245 e. The van der Waals surface area contributed by atoms with Crippen LogP contribution in [0.5, 0.6) is 0 Å². The number of carbonyl (C=O) groups excluding carboxylic acids is 3. The molecule has 4 bridgehead atoms. The van der Waals surface area contributed by atoms with Crippen LogP contribution in [0.2, 0.25) is 0 Å². The summed E-state index contributed by atoms with van der Waals surface area (Å²) in [7, 11) is 0. The first kappa shape index (κ1) is 18.2. The zero-order chi connectivity index (χ0) is 17.3. The molecule has 0 spiro atoms. The summed E-state index contributed by atoms with van der Waals surface area (Å²) in [5.41, 5.74) is 0. The number of carbonyl (C=O) groups is 3. The first-order valence-electron chi connectivity index (χ1n) is 9.62. The molecule has 5 rings (SSSR count). The van der Waals surface area contributed by atoms with E-state index in [9.17, 15) is 14.4 Å². The van der Waals surface area contributed by atoms with Gasteiger partial charge in [0.25, 0.3) is 0 Å². The maximum atomic E-state index is 13.0. The summed E-state index contributed by atoms with van der Waals surface area (Å²) in [5.74, 6) is -1.20. The van der Waals surface area contributed by atoms with Crippen LogP contribution >= 0.6 is 12.4 Å². The molecule has 5 aliphatic rings. The molecule has 5 saturated heterocycles. The number of likely N-dealkylation sites (tertiary alicyclic amines) is 2. The third-order valence-corrected chi connectivity index (χ3v) is 6.90. The van der Waals surface area contributed by atoms with E-state index in [1.165, 1.54) is 11.3 Å². The van der Waals surface area contributed by atoms with Gasteiger partial charge < -0.3 is 15.0 Å². The molecule has 0 saturated carbocycles. The van der Waals surface area contributed by atoms with Crippen molar-refractivity contribution >= 4 is 30.1 Å². The quantitative estimate of drug-likeness (QED) is 0.694. The summed E-state index contributed by atoms with van der Waals surface area (Å²) in [6.45, 7) is 3.09. The van der Waals surface area contributed by atoms with Crippen LogP contribution in [-0.2, 0) is 19.1 Å². The number of ether oxygens (including phenoxy) is 1. The van der Waals surface area contributed by atoms with Gasteiger partial charge >= 0.3 is 0 Å². The van der Waals surface area contributed by atoms with Crippen LogP contribution < -0.4 is 5.32 Å². The van der Waals surface area contributed by atoms with Gasteiger partial charge in [-0.05, 0) is 39.0 Å². The van der Waals surface area contributed by atoms with Gasteiger partial charge in [0.2, 0.25) is 17.7 Å². The highest BCUT2D eigenvalue weighted by Crippen LogP contribution is 2.49. The fraction of sp³-hybridized carbons (Fsp3) is 0.833. The van der Waals surface area contributed by atoms with Crippen molar-refractivity contribution in [3.8, 4) is 0 Å². The number of amides is 3. The number of nitrogens with zero attached hydrogens (tertiary/aromatic N) is 2. The SMILES string of the molecule is CC(C(=O)N1CCC2CCC(C1)N2)N1C(=O)C2C3CCC(O3)C2C1=O.Cl. The van der Waals surface area contributed by atoms with Gasteiger partial charge in [-0.1, -0.05) is 0 Å². The average Bonchev–Trinajstić information content (AvgIpc) is 3.31. The molecule has 1 N–H and O–H groups in total. The van der Waals surface area contributed by atoms with Gasteiger partial charge in [0, 0.05) is 25.2 Å². The summed E-state index contributed by atoms with van der Waals surface area (Å²) in [6.07, 6.45) is 4.66. The maximum absolute atomic E-state index is 13.0. The van der Waals surface area contributed by atoms with E-state index >= 15 is 0 Å². The van der Waals surface area contributed by atoms with Crippen LogP contribution in [0, 0.1) is 11.8 Å². The number of hydrogen-bond donors (Lipinski definition) is 1. The van der Waals surface area contributed by atoms with Crippen LogP contribution in [0.15, 0.2) is 0 Å². The van der Waals surface area contributed by atoms with Crippen molar-refractivity contribution in [2.75, 3.05) is 13.1 Å². The molecule has 8 heteroatoms. The van der Waals surface area contributed by atoms with E-state index in [-0.39, 0.29) is 54.2 Å². The molecule has 144 valence electrons. The number of halogens is 1. The summed E-state index contributed by atoms with van der Waals surface area (Å²) >= 11 is 0. The lowest BCUT2D eigenvalue weighted by atomic mass is 9.81. The predicted octanol–water partition coefficient (Wildman–Crippen LogP) is 0.312. The highest BCUT2D eigenvalue weighted by atomic mass is 35.5. The molecular formula is C18H26ClN3O4. The Balaban J connectivity index is 0.00000168. The van der Waals surface area contributed by atoms with Crippen molar-refractivity contribution in [3.63, 3.8) is 0 Å². The van der Waals surface area contributed by atoms with Crippen molar-refractivity contribution in [1.29, 1.82) is 0 Å². The molecule has 0 radical (unpaired) electrons. The monoisotopic (exact) mass is 383 g/mol. The molecule has 0 aliphatic carbocycles. The van der Waals surface area contributed by atoms with E-state index < -0.39 is 6.04 Å². The van der Waals surface area contributed by atoms with Gasteiger partial charge in [0.15, 0.2) is 0 Å². The Bertz CT molecular complexity index is 616. The topological polar surface area (TPSA) is 79.0 Å². The van der Waals surface area contributed by atoms with Gasteiger partial charge in [0.1, 0.15) is 6.04 Å². The predicted molar refractivity (Wildman–Crippen MR) is 94.6 cm³/mol. The minimum atomic E-state index is -0.707. The summed E-state index contributed by atoms with van der Waals surface area (Å²) in [5, 5.41) is 3.56. The molecule has 26 heavy (non-hydrogen) atoms. The van der Waals surface area contributed by atoms with Crippen molar-refractivity contribution in [2.45, 2.75) is 69.4 Å². The average molecular weight is 384 g/mol. The molecular weight excluding hydrogens is 358 g/mol. The molecule has 5 heterocycles. The largest absolute Gasteiger partial charge is 0.373 e. The Hall–Kier alpha value is -1.18. The molecule has 7 unspecified atom stereocenters. The Kier molecular flexibility index (Phi) is 4.52. The zero-order valence-electron chi connectivity index (χ0n) is 14.9. The van der Waals surface area contributed by atoms with Crippen LogP contribution in [0.3, 0.4) is 0 Å². The Morgan fingerprint density at radius 2 is 1.65 bits per heavy atom. The van der Waals surface area contributed by atoms with Crippen molar-refractivity contribution < 1.29 is 19.1 Å². The summed E-state index contributed by atoms with van der Waals surface area (Å²) in [6, 6.07) is 0.138. The number of rotatable bonds is 2. The molecule has 7 nitrogen and oxygen atoms in total. The Labute approximate surface area is 159 Å². The molecule has 5 fully saturated rings. The summed E-state index contributed by atoms with van der Waals surface area (Å²) < 4.78 is 5.76. The fourth-order valence-corrected chi connectivity index (χ4v) is 5.63. The zero-order valence-corrected chi connectivity index (χ0v) is 15.7. The summed E-state index contributed by atoms with van der Waals surface area (Å²) in [4.78, 5) is 41.8. The van der Waals surface area contributed by atoms with Crippen molar-refractivity contribution in [1.82, 2.24) is 15.1 Å². The first-order valence-corrected chi connectivity index (χ1v) is 9.62. The van der Waals surface area contributed by atoms with Gasteiger partial charge in [0.05, 0.1) is 24.0 Å². The normalized spacial score (nSPS) is 41.9. The van der Waals surface area contributed by atoms with E-state index in [1.54, 1.807) is 6.92 Å². The third-order valence-electron chi connectivity index (χ3n) is 6.90. The number of fused-ring (bicyclic) bond motifs is 7. The minimum absolute atomic E-state index is 0. The second kappa shape index (κ2) is 6.46. The van der Waals surface area contributed by atoms with E-state index in [4.69, 9.17) is 4.74 Å². The lowest BCUT2D eigenvalue weighted by molar-refractivity contribution is -0.152. The second-order valence-corrected chi connectivity index (χ2v) is 8.28. The van der Waals surface area contributed by atoms with E-state index in [1.807, 2.05) is 4.90 Å². The van der Waals surface area contributed by atoms with Gasteiger partial charge in [-0.3, -0.25) is 19.3 Å². The van der Waals surface area contributed by atoms with Gasteiger partial charge in [-0.2, -0.15) is 0 Å². The van der Waals surface area contributed by atoms with E-state index in [0.29, 0.717) is 25.2 Å². The fourth-order valence-electron chi connectivity index (χ4n) is 5.63. The minimum Gasteiger partial charge on any atom is -0.373 e. The van der Waals surface area contributed by atoms with Crippen LogP contribution in [-0.4, -0.2) is 70.9 Å². The standard InChI is InChI=1S/C18H25N3O4.ClH/c1-9(16(22)20-7-6-10-2-3-11(8-20)19-10)21-17(23)14-12-4-5-13(25-12)15(14)18(21)24;/h9-15,19H,2-8H2,1H3;1H. The highest BCUT2D eigenvalue weighted by Gasteiger charge is 2.63. The molecule has 0 aromatic carbocycles. The number of hydrogen-bond acceptors (Lipinski definition) is 5. The van der Waals surface area contributed by atoms with Crippen molar-refractivity contribution in [3.05, 3.63) is 0 Å². The molecule has 5 aliphatic heterocycles. The maximum Gasteiger partial charge on any atom is 0.245 e. The van der Waals surface area contributed by atoms with Crippen LogP contribution in [0.4, 0.5) is 0 Å². The van der Waals surface area contributed by atoms with Gasteiger partial charge in [-0.25, -0.2) is 0 Å². The lowest BCUT2D eigenvalue weighted by Crippen LogP contribution is -2.52. The number of nitrogens with one attached hydrogen (secondary N) is 1. The van der Waals surface area contributed by atoms with Gasteiger partial charge in [-0.15, -0.1) is 12.4 Å². The lowest BCUT2D eigenvalue weighted by Gasteiger charge is -2.31. The molecule has 3 amide bonds. The Morgan fingerprint density at radius 1 is 1.04 bits per heavy atom. The van der Waals surface area contributed by atoms with Crippen LogP contribution in [0.1, 0.15) is 39.0 Å². The second-order valence-electron chi connectivity index (χ2n) is 8.28. The molecule has 0 aromatic heterocycles. The number of imide groups is 1. The van der Waals surface area contributed by atoms with E-state index in [0.717, 1.165) is 25.7 Å². The van der Waals surface area contributed by atoms with E-state index in [2.05, 4.69) is 5.32 Å². The molecule has 7 atom stereocenters. The third kappa shape index (κ3) is 2.51. The van der Waals surface area contributed by atoms with Crippen LogP contribution in [0.25, 0.3) is 0 Å². The first-order chi connectivity index (χ1) is 12.0. The highest BCUT2D eigenvalue weighted by molar-refractivity contribution is 6.09. The Morgan fingerprint density at radius 3 is 2.31 bits per heavy atom. The van der Waals surface area contributed by atoms with Crippen molar-refractivity contribution in [2.24, 2.45) is 11.8 Å². The molecule has 0 aromatic rings.